The van der Waals surface area contributed by atoms with Gasteiger partial charge in [-0.1, -0.05) is 0 Å². The lowest BCUT2D eigenvalue weighted by atomic mass is 10.2. The summed E-state index contributed by atoms with van der Waals surface area (Å²) in [4.78, 5) is 44.4. The highest BCUT2D eigenvalue weighted by Gasteiger charge is 2.24. The summed E-state index contributed by atoms with van der Waals surface area (Å²) >= 11 is 0. The number of Topliss-reactive ketones (excluding diaryl/α,β-unsaturated/α-hetero) is 1. The van der Waals surface area contributed by atoms with Crippen molar-refractivity contribution < 1.29 is 28.8 Å². The molecule has 0 aliphatic rings. The number of methoxy groups -OCH3 is 2. The second-order valence-corrected chi connectivity index (χ2v) is 4.04. The van der Waals surface area contributed by atoms with Crippen molar-refractivity contribution in [2.75, 3.05) is 19.6 Å². The predicted molar refractivity (Wildman–Crippen MR) is 77.8 cm³/mol. The van der Waals surface area contributed by atoms with Gasteiger partial charge in [-0.25, -0.2) is 4.79 Å². The van der Waals surface area contributed by atoms with Gasteiger partial charge in [0.25, 0.3) is 5.69 Å². The van der Waals surface area contributed by atoms with E-state index in [0.717, 1.165) is 14.2 Å². The minimum Gasteiger partial charge on any atom is -0.469 e. The van der Waals surface area contributed by atoms with Crippen molar-refractivity contribution in [1.82, 2.24) is 0 Å². The van der Waals surface area contributed by atoms with E-state index in [9.17, 15) is 24.5 Å². The Labute approximate surface area is 130 Å². The third kappa shape index (κ3) is 5.19. The number of esters is 2. The summed E-state index contributed by atoms with van der Waals surface area (Å²) in [5.41, 5.74) is 1.93. The molecule has 10 nitrogen and oxygen atoms in total. The molecule has 0 radical (unpaired) electrons. The van der Waals surface area contributed by atoms with Gasteiger partial charge in [-0.2, -0.15) is 5.10 Å². The summed E-state index contributed by atoms with van der Waals surface area (Å²) in [5, 5.41) is 14.1. The van der Waals surface area contributed by atoms with E-state index in [1.807, 2.05) is 0 Å². The molecule has 0 aliphatic heterocycles. The van der Waals surface area contributed by atoms with Crippen molar-refractivity contribution in [2.24, 2.45) is 5.10 Å². The second kappa shape index (κ2) is 8.22. The number of benzene rings is 1. The number of rotatable bonds is 7. The average Bonchev–Trinajstić information content (AvgIpc) is 2.54. The fourth-order valence-corrected chi connectivity index (χ4v) is 1.38. The van der Waals surface area contributed by atoms with Crippen LogP contribution in [0.4, 0.5) is 11.4 Å². The minimum absolute atomic E-state index is 0.130. The average molecular weight is 323 g/mol. The van der Waals surface area contributed by atoms with Crippen LogP contribution in [0.5, 0.6) is 0 Å². The molecule has 23 heavy (non-hydrogen) atoms. The topological polar surface area (TPSA) is 137 Å². The molecule has 1 N–H and O–H groups in total. The van der Waals surface area contributed by atoms with Gasteiger partial charge >= 0.3 is 11.9 Å². The molecule has 0 fully saturated rings. The van der Waals surface area contributed by atoms with Crippen LogP contribution >= 0.6 is 0 Å². The van der Waals surface area contributed by atoms with Crippen LogP contribution in [-0.4, -0.2) is 42.6 Å². The molecular formula is C13H13N3O7. The molecule has 0 aliphatic carbocycles. The molecule has 0 aromatic heterocycles. The number of nitrogens with one attached hydrogen (secondary N) is 1. The Morgan fingerprint density at radius 2 is 1.78 bits per heavy atom. The van der Waals surface area contributed by atoms with Crippen molar-refractivity contribution in [3.05, 3.63) is 34.4 Å². The van der Waals surface area contributed by atoms with Gasteiger partial charge in [0.1, 0.15) is 6.42 Å². The number of carbonyl (C=O) groups excluding carboxylic acids is 3. The lowest BCUT2D eigenvalue weighted by Crippen LogP contribution is -2.28. The van der Waals surface area contributed by atoms with E-state index >= 15 is 0 Å². The Morgan fingerprint density at radius 1 is 1.17 bits per heavy atom. The van der Waals surface area contributed by atoms with Gasteiger partial charge < -0.3 is 9.47 Å². The largest absolute Gasteiger partial charge is 0.469 e. The smallest absolute Gasteiger partial charge is 0.362 e. The van der Waals surface area contributed by atoms with Crippen LogP contribution in [0.2, 0.25) is 0 Å². The van der Waals surface area contributed by atoms with Crippen LogP contribution in [0.25, 0.3) is 0 Å². The van der Waals surface area contributed by atoms with Crippen molar-refractivity contribution in [3.8, 4) is 0 Å². The van der Waals surface area contributed by atoms with E-state index in [0.29, 0.717) is 5.69 Å². The standard InChI is InChI=1S/C13H13N3O7/c1-22-11(18)7-10(17)12(13(19)23-2)15-14-8-3-5-9(6-4-8)16(20)21/h3-6,14H,7H2,1-2H3. The van der Waals surface area contributed by atoms with E-state index in [1.54, 1.807) is 0 Å². The van der Waals surface area contributed by atoms with Gasteiger partial charge in [0.2, 0.25) is 11.5 Å². The van der Waals surface area contributed by atoms with Crippen LogP contribution in [0.15, 0.2) is 29.4 Å². The fraction of sp³-hybridized carbons (Fsp3) is 0.231. The van der Waals surface area contributed by atoms with Crippen LogP contribution in [-0.2, 0) is 23.9 Å². The van der Waals surface area contributed by atoms with E-state index in [-0.39, 0.29) is 5.69 Å². The predicted octanol–water partition coefficient (Wildman–Crippen LogP) is 0.668. The number of hydrogen-bond donors (Lipinski definition) is 1. The Balaban J connectivity index is 2.92. The molecule has 0 heterocycles. The Morgan fingerprint density at radius 3 is 2.26 bits per heavy atom. The van der Waals surface area contributed by atoms with E-state index in [4.69, 9.17) is 0 Å². The molecule has 1 aromatic carbocycles. The number of anilines is 1. The number of non-ortho nitro benzene ring substituents is 1. The molecule has 1 aromatic rings. The Bertz CT molecular complexity index is 652. The molecule has 0 spiro atoms. The number of hydrazone groups is 1. The van der Waals surface area contributed by atoms with Crippen LogP contribution in [0, 0.1) is 10.1 Å². The molecular weight excluding hydrogens is 310 g/mol. The zero-order chi connectivity index (χ0) is 17.4. The summed E-state index contributed by atoms with van der Waals surface area (Å²) in [6, 6.07) is 5.10. The maximum Gasteiger partial charge on any atom is 0.362 e. The van der Waals surface area contributed by atoms with Crippen molar-refractivity contribution >= 4 is 34.8 Å². The maximum atomic E-state index is 11.8. The summed E-state index contributed by atoms with van der Waals surface area (Å²) < 4.78 is 8.75. The number of hydrogen-bond acceptors (Lipinski definition) is 9. The molecule has 0 amide bonds. The van der Waals surface area contributed by atoms with Gasteiger partial charge in [0.15, 0.2) is 0 Å². The summed E-state index contributed by atoms with van der Waals surface area (Å²) in [6.45, 7) is 0. The van der Waals surface area contributed by atoms with Crippen molar-refractivity contribution in [2.45, 2.75) is 6.42 Å². The number of ether oxygens (including phenoxy) is 2. The molecule has 0 unspecified atom stereocenters. The lowest BCUT2D eigenvalue weighted by Gasteiger charge is -2.05. The van der Waals surface area contributed by atoms with Crippen LogP contribution in [0.1, 0.15) is 6.42 Å². The quantitative estimate of drug-likeness (QED) is 0.254. The van der Waals surface area contributed by atoms with E-state index < -0.39 is 34.8 Å². The normalized spacial score (nSPS) is 10.6. The first-order chi connectivity index (χ1) is 10.9. The van der Waals surface area contributed by atoms with E-state index in [2.05, 4.69) is 20.0 Å². The molecule has 0 saturated heterocycles. The highest BCUT2D eigenvalue weighted by atomic mass is 16.6. The van der Waals surface area contributed by atoms with Gasteiger partial charge in [-0.05, 0) is 12.1 Å². The number of nitro benzene ring substituents is 1. The summed E-state index contributed by atoms with van der Waals surface area (Å²) in [6.07, 6.45) is -0.674. The zero-order valence-electron chi connectivity index (χ0n) is 12.3. The number of nitro groups is 1. The molecule has 0 atom stereocenters. The van der Waals surface area contributed by atoms with Crippen LogP contribution < -0.4 is 5.43 Å². The van der Waals surface area contributed by atoms with E-state index in [1.165, 1.54) is 24.3 Å². The summed E-state index contributed by atoms with van der Waals surface area (Å²) in [5.74, 6) is -2.76. The van der Waals surface area contributed by atoms with Gasteiger partial charge in [0.05, 0.1) is 24.8 Å². The third-order valence-corrected chi connectivity index (χ3v) is 2.55. The molecule has 0 bridgehead atoms. The zero-order valence-corrected chi connectivity index (χ0v) is 12.3. The highest BCUT2D eigenvalue weighted by molar-refractivity contribution is 6.65. The van der Waals surface area contributed by atoms with Gasteiger partial charge in [-0.3, -0.25) is 25.1 Å². The first-order valence-electron chi connectivity index (χ1n) is 6.15. The number of carbonyl (C=O) groups is 3. The third-order valence-electron chi connectivity index (χ3n) is 2.55. The number of nitrogens with zero attached hydrogens (tertiary/aromatic N) is 2. The van der Waals surface area contributed by atoms with Gasteiger partial charge in [-0.15, -0.1) is 0 Å². The van der Waals surface area contributed by atoms with Crippen LogP contribution in [0.3, 0.4) is 0 Å². The second-order valence-electron chi connectivity index (χ2n) is 4.04. The molecule has 10 heteroatoms. The Kier molecular flexibility index (Phi) is 6.34. The monoisotopic (exact) mass is 323 g/mol. The molecule has 122 valence electrons. The minimum atomic E-state index is -1.03. The van der Waals surface area contributed by atoms with Crippen molar-refractivity contribution in [1.29, 1.82) is 0 Å². The van der Waals surface area contributed by atoms with Gasteiger partial charge in [0, 0.05) is 12.1 Å². The van der Waals surface area contributed by atoms with Crippen molar-refractivity contribution in [3.63, 3.8) is 0 Å². The maximum absolute atomic E-state index is 11.8. The SMILES string of the molecule is COC(=O)CC(=O)C(=NNc1ccc([N+](=O)[O-])cc1)C(=O)OC. The first kappa shape index (κ1) is 17.8. The number of ketones is 1. The molecule has 1 rings (SSSR count). The summed E-state index contributed by atoms with van der Waals surface area (Å²) in [7, 11) is 2.15. The Hall–Kier alpha value is -3.30. The first-order valence-corrected chi connectivity index (χ1v) is 6.15. The highest BCUT2D eigenvalue weighted by Crippen LogP contribution is 2.15. The fourth-order valence-electron chi connectivity index (χ4n) is 1.38. The lowest BCUT2D eigenvalue weighted by molar-refractivity contribution is -0.384. The molecule has 0 saturated carbocycles.